The molecule has 5 aromatic rings. The van der Waals surface area contributed by atoms with Crippen molar-refractivity contribution in [2.75, 3.05) is 0 Å². The number of phenols is 1. The molecule has 0 aliphatic heterocycles. The minimum Gasteiger partial charge on any atom is -0.508 e. The highest BCUT2D eigenvalue weighted by atomic mass is 35.5. The number of fused-ring (bicyclic) bond motifs is 1. The first-order chi connectivity index (χ1) is 18.2. The lowest BCUT2D eigenvalue weighted by Gasteiger charge is -2.13. The van der Waals surface area contributed by atoms with Crippen molar-refractivity contribution in [1.82, 2.24) is 0 Å². The third kappa shape index (κ3) is 6.37. The average Bonchev–Trinajstić information content (AvgIpc) is 2.85. The fraction of sp³-hybridized carbons (Fsp3) is 0.0690. The van der Waals surface area contributed by atoms with E-state index in [0.717, 1.165) is 11.1 Å². The molecule has 0 amide bonds. The largest absolute Gasteiger partial charge is 0.508 e. The maximum absolute atomic E-state index is 12.7. The van der Waals surface area contributed by atoms with Crippen LogP contribution in [0.3, 0.4) is 0 Å². The fourth-order valence-corrected chi connectivity index (χ4v) is 5.03. The lowest BCUT2D eigenvalue weighted by molar-refractivity contribution is 0.290. The van der Waals surface area contributed by atoms with Crippen molar-refractivity contribution in [1.29, 1.82) is 0 Å². The molecule has 192 valence electrons. The molecule has 0 atom stereocenters. The average molecular weight is 588 g/mol. The van der Waals surface area contributed by atoms with Crippen molar-refractivity contribution in [2.45, 2.75) is 13.2 Å². The van der Waals surface area contributed by atoms with Crippen LogP contribution >= 0.6 is 46.4 Å². The zero-order valence-electron chi connectivity index (χ0n) is 19.5. The first-order valence-corrected chi connectivity index (χ1v) is 12.8. The predicted octanol–water partition coefficient (Wildman–Crippen LogP) is 8.94. The third-order valence-corrected chi connectivity index (χ3v) is 6.41. The second-order valence-electron chi connectivity index (χ2n) is 8.48. The van der Waals surface area contributed by atoms with Crippen LogP contribution in [0.4, 0.5) is 0 Å². The molecule has 0 unspecified atom stereocenters. The zero-order chi connectivity index (χ0) is 26.8. The predicted molar refractivity (Wildman–Crippen MR) is 151 cm³/mol. The first kappa shape index (κ1) is 26.3. The van der Waals surface area contributed by atoms with Crippen LogP contribution in [0.5, 0.6) is 17.2 Å². The Morgan fingerprint density at radius 2 is 1.18 bits per heavy atom. The van der Waals surface area contributed by atoms with Crippen molar-refractivity contribution < 1.29 is 19.0 Å². The van der Waals surface area contributed by atoms with Gasteiger partial charge in [-0.05, 0) is 71.8 Å². The summed E-state index contributed by atoms with van der Waals surface area (Å²) in [5.74, 6) is 1.17. The summed E-state index contributed by atoms with van der Waals surface area (Å²) in [6.45, 7) is 0.366. The van der Waals surface area contributed by atoms with Gasteiger partial charge in [-0.3, -0.25) is 4.79 Å². The number of ether oxygens (including phenoxy) is 2. The number of aromatic hydroxyl groups is 1. The van der Waals surface area contributed by atoms with Crippen LogP contribution < -0.4 is 14.9 Å². The molecule has 0 saturated carbocycles. The van der Waals surface area contributed by atoms with Gasteiger partial charge in [0, 0.05) is 43.9 Å². The molecule has 0 aliphatic rings. The van der Waals surface area contributed by atoms with Gasteiger partial charge in [-0.15, -0.1) is 0 Å². The smallest absolute Gasteiger partial charge is 0.193 e. The molecular weight excluding hydrogens is 570 g/mol. The Hall–Kier alpha value is -3.35. The second kappa shape index (κ2) is 11.2. The van der Waals surface area contributed by atoms with Gasteiger partial charge < -0.3 is 19.0 Å². The van der Waals surface area contributed by atoms with Crippen molar-refractivity contribution in [3.05, 3.63) is 120 Å². The first-order valence-electron chi connectivity index (χ1n) is 11.3. The molecular formula is C29H18Cl4O5. The molecule has 0 radical (unpaired) electrons. The molecule has 4 aromatic carbocycles. The van der Waals surface area contributed by atoms with Crippen LogP contribution in [0, 0.1) is 0 Å². The summed E-state index contributed by atoms with van der Waals surface area (Å²) in [5.41, 5.74) is 2.09. The molecule has 0 fully saturated rings. The van der Waals surface area contributed by atoms with Crippen LogP contribution in [-0.2, 0) is 13.2 Å². The van der Waals surface area contributed by atoms with Gasteiger partial charge in [0.2, 0.25) is 0 Å². The van der Waals surface area contributed by atoms with Crippen LogP contribution in [0.15, 0.2) is 88.1 Å². The Morgan fingerprint density at radius 1 is 0.658 bits per heavy atom. The van der Waals surface area contributed by atoms with Crippen molar-refractivity contribution >= 4 is 57.4 Å². The molecule has 1 aromatic heterocycles. The fourth-order valence-electron chi connectivity index (χ4n) is 3.89. The minimum absolute atomic E-state index is 0.0146. The van der Waals surface area contributed by atoms with Crippen LogP contribution in [0.2, 0.25) is 20.1 Å². The number of hydrogen-bond acceptors (Lipinski definition) is 5. The molecule has 0 saturated heterocycles. The Balaban J connectivity index is 1.51. The number of phenolic OH excluding ortho intramolecular Hbond substituents is 1. The summed E-state index contributed by atoms with van der Waals surface area (Å²) in [6.07, 6.45) is 0. The van der Waals surface area contributed by atoms with Crippen molar-refractivity contribution in [3.63, 3.8) is 0 Å². The van der Waals surface area contributed by atoms with Gasteiger partial charge >= 0.3 is 0 Å². The standard InChI is InChI=1S/C29H18Cl4O5/c30-19-3-16(4-20(31)9-19)14-36-24-7-18(28-13-27(35)26-2-1-23(34)11-29(26)38-28)8-25(12-24)37-15-17-5-21(32)10-22(33)6-17/h1-13,34H,14-15H2. The maximum Gasteiger partial charge on any atom is 0.193 e. The minimum atomic E-state index is -0.253. The van der Waals surface area contributed by atoms with Crippen LogP contribution in [0.1, 0.15) is 11.1 Å². The van der Waals surface area contributed by atoms with E-state index in [1.54, 1.807) is 54.6 Å². The van der Waals surface area contributed by atoms with Gasteiger partial charge in [0.1, 0.15) is 41.8 Å². The number of halogens is 4. The van der Waals surface area contributed by atoms with Crippen molar-refractivity contribution in [3.8, 4) is 28.6 Å². The molecule has 0 aliphatic carbocycles. The van der Waals surface area contributed by atoms with Gasteiger partial charge in [0.05, 0.1) is 5.39 Å². The highest BCUT2D eigenvalue weighted by molar-refractivity contribution is 6.35. The Labute approximate surface area is 237 Å². The molecule has 5 nitrogen and oxygen atoms in total. The van der Waals surface area contributed by atoms with E-state index in [1.165, 1.54) is 24.3 Å². The summed E-state index contributed by atoms with van der Waals surface area (Å²) < 4.78 is 18.0. The van der Waals surface area contributed by atoms with E-state index in [9.17, 15) is 9.90 Å². The quantitative estimate of drug-likeness (QED) is 0.206. The van der Waals surface area contributed by atoms with E-state index in [1.807, 2.05) is 0 Å². The summed E-state index contributed by atoms with van der Waals surface area (Å²) in [5, 5.41) is 12.2. The SMILES string of the molecule is O=c1cc(-c2cc(OCc3cc(Cl)cc(Cl)c3)cc(OCc3cc(Cl)cc(Cl)c3)c2)oc2cc(O)ccc12. The molecule has 0 bridgehead atoms. The second-order valence-corrected chi connectivity index (χ2v) is 10.2. The van der Waals surface area contributed by atoms with E-state index in [2.05, 4.69) is 0 Å². The van der Waals surface area contributed by atoms with E-state index >= 15 is 0 Å². The number of hydrogen-bond donors (Lipinski definition) is 1. The number of rotatable bonds is 7. The van der Waals surface area contributed by atoms with Crippen LogP contribution in [0.25, 0.3) is 22.3 Å². The maximum atomic E-state index is 12.7. The summed E-state index contributed by atoms with van der Waals surface area (Å²) >= 11 is 24.5. The summed E-state index contributed by atoms with van der Waals surface area (Å²) in [6, 6.07) is 21.2. The van der Waals surface area contributed by atoms with Crippen LogP contribution in [-0.4, -0.2) is 5.11 Å². The van der Waals surface area contributed by atoms with Gasteiger partial charge in [-0.25, -0.2) is 0 Å². The van der Waals surface area contributed by atoms with Gasteiger partial charge in [-0.1, -0.05) is 46.4 Å². The van der Waals surface area contributed by atoms with E-state index < -0.39 is 0 Å². The highest BCUT2D eigenvalue weighted by Gasteiger charge is 2.12. The lowest BCUT2D eigenvalue weighted by Crippen LogP contribution is -2.01. The molecule has 0 spiro atoms. The van der Waals surface area contributed by atoms with Gasteiger partial charge in [0.25, 0.3) is 0 Å². The van der Waals surface area contributed by atoms with E-state index in [4.69, 9.17) is 60.3 Å². The Morgan fingerprint density at radius 3 is 1.71 bits per heavy atom. The number of benzene rings is 4. The zero-order valence-corrected chi connectivity index (χ0v) is 22.5. The lowest BCUT2D eigenvalue weighted by atomic mass is 10.1. The Bertz CT molecular complexity index is 1600. The summed E-state index contributed by atoms with van der Waals surface area (Å²) in [4.78, 5) is 12.7. The van der Waals surface area contributed by atoms with Gasteiger partial charge in [-0.2, -0.15) is 0 Å². The molecule has 9 heteroatoms. The molecule has 38 heavy (non-hydrogen) atoms. The van der Waals surface area contributed by atoms with Gasteiger partial charge in [0.15, 0.2) is 5.43 Å². The summed E-state index contributed by atoms with van der Waals surface area (Å²) in [7, 11) is 0. The molecule has 1 N–H and O–H groups in total. The topological polar surface area (TPSA) is 68.9 Å². The normalized spacial score (nSPS) is 11.1. The monoisotopic (exact) mass is 586 g/mol. The third-order valence-electron chi connectivity index (χ3n) is 5.53. The Kier molecular flexibility index (Phi) is 7.73. The molecule has 5 rings (SSSR count). The van der Waals surface area contributed by atoms with Crippen molar-refractivity contribution in [2.24, 2.45) is 0 Å². The highest BCUT2D eigenvalue weighted by Crippen LogP contribution is 2.33. The molecule has 1 heterocycles. The van der Waals surface area contributed by atoms with E-state index in [0.29, 0.717) is 42.5 Å². The van der Waals surface area contributed by atoms with E-state index in [-0.39, 0.29) is 35.7 Å².